The highest BCUT2D eigenvalue weighted by atomic mass is 27.2. The van der Waals surface area contributed by atoms with Crippen LogP contribution in [0.2, 0.25) is 10.6 Å². The van der Waals surface area contributed by atoms with Crippen molar-refractivity contribution < 1.29 is 0 Å². The summed E-state index contributed by atoms with van der Waals surface area (Å²) in [4.78, 5) is 0. The summed E-state index contributed by atoms with van der Waals surface area (Å²) >= 11 is -0.989. The molecule has 0 aliphatic rings. The van der Waals surface area contributed by atoms with Crippen LogP contribution in [0.25, 0.3) is 0 Å². The number of rotatable bonds is 5. The standard InChI is InChI=1S/C12H19N2.2C2H5.Al/c1-11(2,13)9-6-5-7-10(8-9)12(3,4)14;2*1-2;/h5-7H,13-14H2,1-4H3;2*1H2,2H3;. The smallest absolute Gasteiger partial charge is 0.306 e. The molecule has 0 bridgehead atoms. The molecule has 0 amide bonds. The average molecular weight is 276 g/mol. The van der Waals surface area contributed by atoms with E-state index in [0.29, 0.717) is 0 Å². The fourth-order valence-corrected chi connectivity index (χ4v) is 6.04. The van der Waals surface area contributed by atoms with Gasteiger partial charge in [0.05, 0.1) is 0 Å². The SMILES string of the molecule is C[CH2][Al]([CH2]C)[c]1c(C(C)(C)N)cccc1C(C)(C)N. The summed E-state index contributed by atoms with van der Waals surface area (Å²) in [5.41, 5.74) is 14.8. The molecule has 1 aromatic rings. The van der Waals surface area contributed by atoms with Crippen LogP contribution in [-0.4, -0.2) is 14.1 Å². The van der Waals surface area contributed by atoms with E-state index in [4.69, 9.17) is 11.5 Å². The van der Waals surface area contributed by atoms with Crippen molar-refractivity contribution in [3.05, 3.63) is 29.3 Å². The van der Waals surface area contributed by atoms with E-state index in [0.717, 1.165) is 0 Å². The molecule has 0 radical (unpaired) electrons. The summed E-state index contributed by atoms with van der Waals surface area (Å²) in [5, 5.41) is 2.51. The van der Waals surface area contributed by atoms with Crippen LogP contribution in [0.3, 0.4) is 0 Å². The average Bonchev–Trinajstić information content (AvgIpc) is 2.28. The quantitative estimate of drug-likeness (QED) is 0.813. The Kier molecular flexibility index (Phi) is 5.26. The van der Waals surface area contributed by atoms with E-state index in [1.807, 2.05) is 0 Å². The van der Waals surface area contributed by atoms with Crippen LogP contribution in [-0.2, 0) is 11.1 Å². The summed E-state index contributed by atoms with van der Waals surface area (Å²) in [6.45, 7) is 13.0. The minimum atomic E-state index is -0.989. The molecule has 0 aromatic heterocycles. The van der Waals surface area contributed by atoms with Crippen molar-refractivity contribution in [1.29, 1.82) is 0 Å². The summed E-state index contributed by atoms with van der Waals surface area (Å²) < 4.78 is 1.51. The third-order valence-corrected chi connectivity index (χ3v) is 7.30. The minimum Gasteiger partial charge on any atom is -0.322 e. The lowest BCUT2D eigenvalue weighted by Crippen LogP contribution is -2.47. The molecule has 2 nitrogen and oxygen atoms in total. The first kappa shape index (κ1) is 16.7. The second-order valence-electron chi connectivity index (χ2n) is 6.72. The fraction of sp³-hybridized carbons (Fsp3) is 0.625. The van der Waals surface area contributed by atoms with Crippen LogP contribution >= 0.6 is 0 Å². The molecule has 0 aliphatic carbocycles. The normalized spacial score (nSPS) is 12.6. The maximum absolute atomic E-state index is 6.40. The van der Waals surface area contributed by atoms with E-state index in [-0.39, 0.29) is 11.1 Å². The predicted octanol–water partition coefficient (Wildman–Crippen LogP) is 2.82. The lowest BCUT2D eigenvalue weighted by molar-refractivity contribution is 0.540. The van der Waals surface area contributed by atoms with E-state index in [1.165, 1.54) is 26.1 Å². The molecule has 0 saturated carbocycles. The Balaban J connectivity index is 3.59. The van der Waals surface area contributed by atoms with Gasteiger partial charge < -0.3 is 11.5 Å². The van der Waals surface area contributed by atoms with Crippen molar-refractivity contribution in [2.24, 2.45) is 11.5 Å². The first-order valence-corrected chi connectivity index (χ1v) is 9.55. The molecule has 0 heterocycles. The number of nitrogens with two attached hydrogens (primary N) is 2. The van der Waals surface area contributed by atoms with Crippen LogP contribution in [0, 0.1) is 0 Å². The monoisotopic (exact) mass is 276 g/mol. The van der Waals surface area contributed by atoms with Crippen molar-refractivity contribution in [3.63, 3.8) is 0 Å². The van der Waals surface area contributed by atoms with Crippen molar-refractivity contribution in [1.82, 2.24) is 0 Å². The van der Waals surface area contributed by atoms with Crippen molar-refractivity contribution in [2.75, 3.05) is 0 Å². The van der Waals surface area contributed by atoms with Gasteiger partial charge in [0.15, 0.2) is 0 Å². The Morgan fingerprint density at radius 2 is 1.26 bits per heavy atom. The van der Waals surface area contributed by atoms with Gasteiger partial charge in [-0.3, -0.25) is 0 Å². The Morgan fingerprint density at radius 3 is 1.53 bits per heavy atom. The highest BCUT2D eigenvalue weighted by Gasteiger charge is 2.30. The fourth-order valence-electron chi connectivity index (χ4n) is 2.83. The molecule has 106 valence electrons. The van der Waals surface area contributed by atoms with E-state index in [1.54, 1.807) is 0 Å². The molecule has 1 aromatic carbocycles. The number of hydrogen-bond donors (Lipinski definition) is 2. The van der Waals surface area contributed by atoms with Crippen LogP contribution in [0.1, 0.15) is 52.7 Å². The van der Waals surface area contributed by atoms with Crippen molar-refractivity contribution in [3.8, 4) is 0 Å². The molecule has 19 heavy (non-hydrogen) atoms. The minimum absolute atomic E-state index is 0.299. The molecule has 0 spiro atoms. The molecule has 1 rings (SSSR count). The molecular weight excluding hydrogens is 247 g/mol. The Labute approximate surface area is 123 Å². The Morgan fingerprint density at radius 1 is 0.895 bits per heavy atom. The Hall–Kier alpha value is -0.328. The van der Waals surface area contributed by atoms with E-state index < -0.39 is 14.1 Å². The van der Waals surface area contributed by atoms with Crippen LogP contribution in [0.5, 0.6) is 0 Å². The van der Waals surface area contributed by atoms with Crippen molar-refractivity contribution in [2.45, 2.75) is 63.2 Å². The third-order valence-electron chi connectivity index (χ3n) is 3.89. The van der Waals surface area contributed by atoms with Gasteiger partial charge in [-0.15, -0.1) is 4.43 Å². The van der Waals surface area contributed by atoms with Gasteiger partial charge >= 0.3 is 14.1 Å². The predicted molar refractivity (Wildman–Crippen MR) is 87.2 cm³/mol. The topological polar surface area (TPSA) is 52.0 Å². The van der Waals surface area contributed by atoms with Gasteiger partial charge in [0.25, 0.3) is 0 Å². The summed E-state index contributed by atoms with van der Waals surface area (Å²) in [5.74, 6) is 0. The maximum atomic E-state index is 6.40. The Bertz CT molecular complexity index is 391. The summed E-state index contributed by atoms with van der Waals surface area (Å²) in [6, 6.07) is 6.49. The van der Waals surface area contributed by atoms with Gasteiger partial charge in [0.1, 0.15) is 0 Å². The van der Waals surface area contributed by atoms with E-state index in [9.17, 15) is 0 Å². The molecule has 0 aliphatic heterocycles. The first-order valence-electron chi connectivity index (χ1n) is 7.34. The number of benzene rings is 1. The molecule has 0 unspecified atom stereocenters. The second kappa shape index (κ2) is 5.98. The highest BCUT2D eigenvalue weighted by Crippen LogP contribution is 2.24. The summed E-state index contributed by atoms with van der Waals surface area (Å²) in [6.07, 6.45) is 0. The molecule has 0 atom stereocenters. The zero-order valence-corrected chi connectivity index (χ0v) is 14.5. The van der Waals surface area contributed by atoms with Gasteiger partial charge in [-0.05, 0) is 38.8 Å². The third kappa shape index (κ3) is 3.83. The molecule has 0 fully saturated rings. The maximum Gasteiger partial charge on any atom is 0.306 e. The molecule has 3 heteroatoms. The lowest BCUT2D eigenvalue weighted by atomic mass is 9.88. The van der Waals surface area contributed by atoms with Gasteiger partial charge in [-0.2, -0.15) is 0 Å². The van der Waals surface area contributed by atoms with E-state index >= 15 is 0 Å². The number of hydrogen-bond acceptors (Lipinski definition) is 2. The van der Waals surface area contributed by atoms with Gasteiger partial charge in [0.2, 0.25) is 0 Å². The van der Waals surface area contributed by atoms with Crippen LogP contribution in [0.15, 0.2) is 18.2 Å². The highest BCUT2D eigenvalue weighted by molar-refractivity contribution is 6.74. The molecular formula is C16H29AlN2. The molecule has 4 N–H and O–H groups in total. The van der Waals surface area contributed by atoms with E-state index in [2.05, 4.69) is 59.7 Å². The summed E-state index contributed by atoms with van der Waals surface area (Å²) in [7, 11) is 0. The van der Waals surface area contributed by atoms with Gasteiger partial charge in [-0.1, -0.05) is 42.6 Å². The molecule has 0 saturated heterocycles. The zero-order valence-electron chi connectivity index (χ0n) is 13.4. The first-order chi connectivity index (χ1) is 8.62. The van der Waals surface area contributed by atoms with Gasteiger partial charge in [-0.25, -0.2) is 0 Å². The van der Waals surface area contributed by atoms with Crippen LogP contribution in [0.4, 0.5) is 0 Å². The lowest BCUT2D eigenvalue weighted by Gasteiger charge is -2.32. The van der Waals surface area contributed by atoms with Crippen LogP contribution < -0.4 is 15.9 Å². The second-order valence-corrected chi connectivity index (χ2v) is 10.3. The largest absolute Gasteiger partial charge is 0.322 e. The zero-order chi connectivity index (χ0) is 14.8. The van der Waals surface area contributed by atoms with Crippen molar-refractivity contribution >= 4 is 18.6 Å². The van der Waals surface area contributed by atoms with Gasteiger partial charge in [0, 0.05) is 11.1 Å².